The van der Waals surface area contributed by atoms with E-state index < -0.39 is 10.0 Å². The van der Waals surface area contributed by atoms with Gasteiger partial charge in [-0.25, -0.2) is 18.1 Å². The summed E-state index contributed by atoms with van der Waals surface area (Å²) in [5.74, 6) is 0.301. The number of amides is 1. The molecule has 1 aliphatic carbocycles. The lowest BCUT2D eigenvalue weighted by Crippen LogP contribution is -2.25. The lowest BCUT2D eigenvalue weighted by Gasteiger charge is -2.11. The molecule has 2 N–H and O–H groups in total. The van der Waals surface area contributed by atoms with E-state index >= 15 is 0 Å². The maximum atomic E-state index is 12.5. The molecule has 0 bridgehead atoms. The highest BCUT2D eigenvalue weighted by molar-refractivity contribution is 7.89. The minimum atomic E-state index is -3.53. The monoisotopic (exact) mass is 413 g/mol. The van der Waals surface area contributed by atoms with E-state index in [1.54, 1.807) is 18.2 Å². The molecule has 4 rings (SSSR count). The topological polar surface area (TPSA) is 101 Å². The van der Waals surface area contributed by atoms with E-state index in [1.165, 1.54) is 24.3 Å². The third kappa shape index (κ3) is 4.33. The second-order valence-electron chi connectivity index (χ2n) is 8.33. The van der Waals surface area contributed by atoms with Crippen LogP contribution < -0.4 is 10.0 Å². The van der Waals surface area contributed by atoms with Crippen LogP contribution in [0.4, 0.5) is 5.69 Å². The molecule has 1 saturated carbocycles. The maximum Gasteiger partial charge on any atom is 0.255 e. The third-order valence-corrected chi connectivity index (χ3v) is 6.15. The molecule has 1 heterocycles. The van der Waals surface area contributed by atoms with Crippen LogP contribution in [0.15, 0.2) is 51.8 Å². The van der Waals surface area contributed by atoms with Gasteiger partial charge in [0.1, 0.15) is 5.52 Å². The molecule has 0 atom stereocenters. The fourth-order valence-electron chi connectivity index (χ4n) is 2.80. The Balaban J connectivity index is 1.50. The van der Waals surface area contributed by atoms with Crippen molar-refractivity contribution >= 4 is 32.7 Å². The van der Waals surface area contributed by atoms with Gasteiger partial charge in [-0.15, -0.1) is 0 Å². The zero-order valence-electron chi connectivity index (χ0n) is 16.5. The molecular formula is C21H23N3O4S. The lowest BCUT2D eigenvalue weighted by molar-refractivity contribution is 0.102. The van der Waals surface area contributed by atoms with Crippen LogP contribution in [0.2, 0.25) is 0 Å². The van der Waals surface area contributed by atoms with Crippen LogP contribution in [0.3, 0.4) is 0 Å². The van der Waals surface area contributed by atoms with Gasteiger partial charge in [-0.2, -0.15) is 0 Å². The molecule has 0 radical (unpaired) electrons. The average molecular weight is 413 g/mol. The molecule has 1 aliphatic rings. The second kappa shape index (κ2) is 6.96. The lowest BCUT2D eigenvalue weighted by atomic mass is 9.97. The molecule has 1 fully saturated rings. The summed E-state index contributed by atoms with van der Waals surface area (Å²) in [7, 11) is -3.53. The van der Waals surface area contributed by atoms with E-state index in [-0.39, 0.29) is 22.3 Å². The first kappa shape index (κ1) is 19.6. The number of carbonyl (C=O) groups is 1. The number of hydrogen-bond donors (Lipinski definition) is 2. The SMILES string of the molecule is CC(C)(C)c1nc2cc(NC(=O)c3ccc(S(=O)(=O)NC4CC4)cc3)ccc2o1. The third-order valence-electron chi connectivity index (χ3n) is 4.61. The highest BCUT2D eigenvalue weighted by Gasteiger charge is 2.28. The highest BCUT2D eigenvalue weighted by atomic mass is 32.2. The van der Waals surface area contributed by atoms with Gasteiger partial charge in [0.2, 0.25) is 15.9 Å². The largest absolute Gasteiger partial charge is 0.440 e. The van der Waals surface area contributed by atoms with Crippen LogP contribution in [0.1, 0.15) is 49.9 Å². The van der Waals surface area contributed by atoms with Gasteiger partial charge in [-0.3, -0.25) is 4.79 Å². The quantitative estimate of drug-likeness (QED) is 0.662. The molecule has 0 unspecified atom stereocenters. The Labute approximate surface area is 169 Å². The van der Waals surface area contributed by atoms with Crippen molar-refractivity contribution < 1.29 is 17.6 Å². The smallest absolute Gasteiger partial charge is 0.255 e. The molecule has 8 heteroatoms. The van der Waals surface area contributed by atoms with Gasteiger partial charge >= 0.3 is 0 Å². The number of anilines is 1. The van der Waals surface area contributed by atoms with E-state index in [4.69, 9.17) is 4.42 Å². The summed E-state index contributed by atoms with van der Waals surface area (Å²) in [6.45, 7) is 6.05. The maximum absolute atomic E-state index is 12.5. The Kier molecular flexibility index (Phi) is 4.71. The molecule has 0 aliphatic heterocycles. The van der Waals surface area contributed by atoms with Crippen molar-refractivity contribution in [2.45, 2.75) is 50.0 Å². The van der Waals surface area contributed by atoms with Crippen molar-refractivity contribution in [2.75, 3.05) is 5.32 Å². The van der Waals surface area contributed by atoms with Crippen molar-refractivity contribution in [1.82, 2.24) is 9.71 Å². The fraction of sp³-hybridized carbons (Fsp3) is 0.333. The van der Waals surface area contributed by atoms with Gasteiger partial charge in [0, 0.05) is 22.7 Å². The van der Waals surface area contributed by atoms with Crippen molar-refractivity contribution in [2.24, 2.45) is 0 Å². The van der Waals surface area contributed by atoms with Crippen LogP contribution in [0.5, 0.6) is 0 Å². The molecular weight excluding hydrogens is 390 g/mol. The summed E-state index contributed by atoms with van der Waals surface area (Å²) >= 11 is 0. The number of benzene rings is 2. The first-order chi connectivity index (χ1) is 13.6. The molecule has 0 spiro atoms. The van der Waals surface area contributed by atoms with Gasteiger partial charge in [-0.05, 0) is 55.3 Å². The molecule has 1 amide bonds. The number of nitrogens with one attached hydrogen (secondary N) is 2. The number of oxazole rings is 1. The fourth-order valence-corrected chi connectivity index (χ4v) is 4.11. The number of carbonyl (C=O) groups excluding carboxylic acids is 1. The van der Waals surface area contributed by atoms with Gasteiger partial charge in [-0.1, -0.05) is 20.8 Å². The Morgan fingerprint density at radius 2 is 1.79 bits per heavy atom. The van der Waals surface area contributed by atoms with Crippen molar-refractivity contribution in [3.05, 3.63) is 53.9 Å². The molecule has 1 aromatic heterocycles. The van der Waals surface area contributed by atoms with Gasteiger partial charge in [0.25, 0.3) is 5.91 Å². The molecule has 3 aromatic rings. The average Bonchev–Trinajstić information content (AvgIpc) is 3.34. The summed E-state index contributed by atoms with van der Waals surface area (Å²) in [5, 5.41) is 2.81. The van der Waals surface area contributed by atoms with Gasteiger partial charge in [0.05, 0.1) is 4.90 Å². The van der Waals surface area contributed by atoms with Gasteiger partial charge in [0.15, 0.2) is 5.58 Å². The van der Waals surface area contributed by atoms with Crippen molar-refractivity contribution in [3.8, 4) is 0 Å². The minimum Gasteiger partial charge on any atom is -0.440 e. The second-order valence-corrected chi connectivity index (χ2v) is 10.0. The predicted octanol–water partition coefficient (Wildman–Crippen LogP) is 3.82. The zero-order valence-corrected chi connectivity index (χ0v) is 17.3. The first-order valence-corrected chi connectivity index (χ1v) is 10.9. The summed E-state index contributed by atoms with van der Waals surface area (Å²) in [5.41, 5.74) is 2.07. The molecule has 2 aromatic carbocycles. The number of rotatable bonds is 5. The summed E-state index contributed by atoms with van der Waals surface area (Å²) in [4.78, 5) is 17.2. The van der Waals surface area contributed by atoms with E-state index in [9.17, 15) is 13.2 Å². The Morgan fingerprint density at radius 3 is 2.41 bits per heavy atom. The first-order valence-electron chi connectivity index (χ1n) is 9.47. The molecule has 7 nitrogen and oxygen atoms in total. The van der Waals surface area contributed by atoms with E-state index in [1.807, 2.05) is 20.8 Å². The molecule has 152 valence electrons. The Morgan fingerprint density at radius 1 is 1.10 bits per heavy atom. The van der Waals surface area contributed by atoms with E-state index in [0.717, 1.165) is 12.8 Å². The van der Waals surface area contributed by atoms with E-state index in [0.29, 0.717) is 28.2 Å². The van der Waals surface area contributed by atoms with Crippen LogP contribution in [0, 0.1) is 0 Å². The zero-order chi connectivity index (χ0) is 20.8. The van der Waals surface area contributed by atoms with Gasteiger partial charge < -0.3 is 9.73 Å². The highest BCUT2D eigenvalue weighted by Crippen LogP contribution is 2.27. The number of sulfonamides is 1. The number of aromatic nitrogens is 1. The number of hydrogen-bond acceptors (Lipinski definition) is 5. The summed E-state index contributed by atoms with van der Waals surface area (Å²) in [6, 6.07) is 11.2. The van der Waals surface area contributed by atoms with E-state index in [2.05, 4.69) is 15.0 Å². The van der Waals surface area contributed by atoms with Crippen LogP contribution >= 0.6 is 0 Å². The minimum absolute atomic E-state index is 0.0354. The normalized spacial score (nSPS) is 14.9. The van der Waals surface area contributed by atoms with Crippen molar-refractivity contribution in [3.63, 3.8) is 0 Å². The summed E-state index contributed by atoms with van der Waals surface area (Å²) < 4.78 is 32.8. The Hall–Kier alpha value is -2.71. The standard InChI is InChI=1S/C21H23N3O4S/c1-21(2,3)20-23-17-12-15(8-11-18(17)28-20)22-19(25)13-4-9-16(10-5-13)29(26,27)24-14-6-7-14/h4-5,8-12,14,24H,6-7H2,1-3H3,(H,22,25). The van der Waals surface area contributed by atoms with Crippen LogP contribution in [-0.4, -0.2) is 25.4 Å². The van der Waals surface area contributed by atoms with Crippen molar-refractivity contribution in [1.29, 1.82) is 0 Å². The number of fused-ring (bicyclic) bond motifs is 1. The Bertz CT molecular complexity index is 1170. The predicted molar refractivity (Wildman–Crippen MR) is 110 cm³/mol. The van der Waals surface area contributed by atoms with Crippen LogP contribution in [-0.2, 0) is 15.4 Å². The summed E-state index contributed by atoms with van der Waals surface area (Å²) in [6.07, 6.45) is 1.74. The molecule has 0 saturated heterocycles. The van der Waals surface area contributed by atoms with Crippen LogP contribution in [0.25, 0.3) is 11.1 Å². The number of nitrogens with zero attached hydrogens (tertiary/aromatic N) is 1. The molecule has 29 heavy (non-hydrogen) atoms.